The molecule has 0 aromatic rings. The van der Waals surface area contributed by atoms with Gasteiger partial charge in [-0.05, 0) is 12.8 Å². The zero-order valence-electron chi connectivity index (χ0n) is 24.3. The highest BCUT2D eigenvalue weighted by molar-refractivity contribution is 5.69. The Balaban J connectivity index is 0. The van der Waals surface area contributed by atoms with E-state index >= 15 is 0 Å². The zero-order valence-corrected chi connectivity index (χ0v) is 24.3. The first-order valence-corrected chi connectivity index (χ1v) is 15.6. The maximum Gasteiger partial charge on any atom is 0.310 e. The van der Waals surface area contributed by atoms with Crippen LogP contribution in [0.2, 0.25) is 0 Å². The van der Waals surface area contributed by atoms with E-state index in [1.807, 2.05) is 0 Å². The first-order chi connectivity index (χ1) is 17.6. The van der Waals surface area contributed by atoms with E-state index in [9.17, 15) is 9.59 Å². The Hall–Kier alpha value is -1.32. The van der Waals surface area contributed by atoms with E-state index in [2.05, 4.69) is 25.2 Å². The number of ether oxygens (including phenoxy) is 1. The molecule has 0 aliphatic carbocycles. The first kappa shape index (κ1) is 36.8. The van der Waals surface area contributed by atoms with Crippen molar-refractivity contribution in [2.75, 3.05) is 0 Å². The summed E-state index contributed by atoms with van der Waals surface area (Å²) in [6.45, 7) is 7.88. The number of rotatable bonds is 27. The van der Waals surface area contributed by atoms with E-state index < -0.39 is 5.97 Å². The summed E-state index contributed by atoms with van der Waals surface area (Å²) in [4.78, 5) is 21.3. The lowest BCUT2D eigenvalue weighted by molar-refractivity contribution is -0.138. The van der Waals surface area contributed by atoms with Gasteiger partial charge in [-0.3, -0.25) is 9.59 Å². The smallest absolute Gasteiger partial charge is 0.310 e. The second-order valence-electron chi connectivity index (χ2n) is 10.3. The molecule has 0 heterocycles. The second kappa shape index (κ2) is 33.7. The van der Waals surface area contributed by atoms with Crippen LogP contribution in [0.5, 0.6) is 0 Å². The van der Waals surface area contributed by atoms with Crippen molar-refractivity contribution in [2.24, 2.45) is 0 Å². The molecule has 0 rings (SSSR count). The number of carboxylic acid groups (broad SMARTS) is 1. The lowest BCUT2D eigenvalue weighted by atomic mass is 10.0. The van der Waals surface area contributed by atoms with Gasteiger partial charge in [-0.1, -0.05) is 162 Å². The standard InChI is InChI=1S/C20H38O2.C12H24O2/c1-3-5-6-7-8-9-10-11-12-13-14-15-16-17-18-19-20(21)22-4-2;1-2-3-4-5-6-7-8-9-10-11-12(13)14/h4H,2-3,5-19H2,1H3;2-11H2,1H3,(H,13,14). The monoisotopic (exact) mass is 510 g/mol. The number of carbonyl (C=O) groups excluding carboxylic acids is 1. The minimum Gasteiger partial charge on any atom is -0.481 e. The van der Waals surface area contributed by atoms with Crippen LogP contribution in [-0.4, -0.2) is 17.0 Å². The topological polar surface area (TPSA) is 63.6 Å². The minimum atomic E-state index is -0.659. The molecule has 0 bridgehead atoms. The summed E-state index contributed by atoms with van der Waals surface area (Å²) in [6, 6.07) is 0. The number of aliphatic carboxylic acids is 1. The summed E-state index contributed by atoms with van der Waals surface area (Å²) in [7, 11) is 0. The first-order valence-electron chi connectivity index (χ1n) is 15.6. The number of carbonyl (C=O) groups is 2. The molecule has 0 aliphatic heterocycles. The fourth-order valence-corrected chi connectivity index (χ4v) is 4.38. The van der Waals surface area contributed by atoms with Gasteiger partial charge in [0, 0.05) is 12.8 Å². The molecule has 0 saturated carbocycles. The maximum absolute atomic E-state index is 11.1. The zero-order chi connectivity index (χ0) is 27.0. The van der Waals surface area contributed by atoms with Gasteiger partial charge in [0.2, 0.25) is 0 Å². The lowest BCUT2D eigenvalue weighted by Crippen LogP contribution is -1.98. The molecule has 0 aromatic heterocycles. The summed E-state index contributed by atoms with van der Waals surface area (Å²) < 4.78 is 4.69. The van der Waals surface area contributed by atoms with E-state index in [-0.39, 0.29) is 5.97 Å². The van der Waals surface area contributed by atoms with Crippen LogP contribution in [0.3, 0.4) is 0 Å². The van der Waals surface area contributed by atoms with Gasteiger partial charge < -0.3 is 9.84 Å². The van der Waals surface area contributed by atoms with Crippen LogP contribution >= 0.6 is 0 Å². The van der Waals surface area contributed by atoms with E-state index in [0.717, 1.165) is 25.7 Å². The molecule has 0 unspecified atom stereocenters. The fourth-order valence-electron chi connectivity index (χ4n) is 4.38. The number of unbranched alkanes of at least 4 members (excludes halogenated alkanes) is 22. The van der Waals surface area contributed by atoms with E-state index in [4.69, 9.17) is 5.11 Å². The van der Waals surface area contributed by atoms with Crippen LogP contribution in [0.15, 0.2) is 12.8 Å². The van der Waals surface area contributed by atoms with E-state index in [1.54, 1.807) is 0 Å². The van der Waals surface area contributed by atoms with Gasteiger partial charge >= 0.3 is 11.9 Å². The summed E-state index contributed by atoms with van der Waals surface area (Å²) in [6.07, 6.45) is 33.4. The molecule has 0 amide bonds. The number of hydrogen-bond donors (Lipinski definition) is 1. The molecule has 214 valence electrons. The van der Waals surface area contributed by atoms with Crippen LogP contribution in [-0.2, 0) is 14.3 Å². The quantitative estimate of drug-likeness (QED) is 0.0678. The van der Waals surface area contributed by atoms with Crippen LogP contribution in [0.4, 0.5) is 0 Å². The van der Waals surface area contributed by atoms with Crippen molar-refractivity contribution in [2.45, 2.75) is 181 Å². The van der Waals surface area contributed by atoms with Gasteiger partial charge in [0.1, 0.15) is 0 Å². The molecule has 36 heavy (non-hydrogen) atoms. The Labute approximate surface area is 225 Å². The Morgan fingerprint density at radius 2 is 0.806 bits per heavy atom. The van der Waals surface area contributed by atoms with Crippen LogP contribution in [0, 0.1) is 0 Å². The van der Waals surface area contributed by atoms with Gasteiger partial charge in [-0.2, -0.15) is 0 Å². The second-order valence-corrected chi connectivity index (χ2v) is 10.3. The SMILES string of the molecule is C=COC(=O)CCCCCCCCCCCCCCCCC.CCCCCCCCCCCC(=O)O. The number of hydrogen-bond acceptors (Lipinski definition) is 3. The molecule has 4 heteroatoms. The van der Waals surface area contributed by atoms with Crippen LogP contribution in [0.25, 0.3) is 0 Å². The molecule has 0 aliphatic rings. The van der Waals surface area contributed by atoms with Gasteiger partial charge in [0.15, 0.2) is 0 Å². The van der Waals surface area contributed by atoms with Crippen molar-refractivity contribution in [3.63, 3.8) is 0 Å². The summed E-state index contributed by atoms with van der Waals surface area (Å²) in [5.74, 6) is -0.808. The van der Waals surface area contributed by atoms with Crippen LogP contribution in [0.1, 0.15) is 181 Å². The van der Waals surface area contributed by atoms with E-state index in [1.165, 1.54) is 135 Å². The molecular formula is C32H62O4. The maximum atomic E-state index is 11.1. The highest BCUT2D eigenvalue weighted by Crippen LogP contribution is 2.14. The summed E-state index contributed by atoms with van der Waals surface area (Å²) in [5, 5.41) is 8.41. The normalized spacial score (nSPS) is 10.5. The molecule has 0 fully saturated rings. The highest BCUT2D eigenvalue weighted by Gasteiger charge is 2.00. The molecule has 0 spiro atoms. The molecule has 1 N–H and O–H groups in total. The molecular weight excluding hydrogens is 448 g/mol. The predicted octanol–water partition coefficient (Wildman–Crippen LogP) is 10.9. The predicted molar refractivity (Wildman–Crippen MR) is 155 cm³/mol. The average molecular weight is 511 g/mol. The van der Waals surface area contributed by atoms with Crippen LogP contribution < -0.4 is 0 Å². The molecule has 0 saturated heterocycles. The molecule has 0 radical (unpaired) electrons. The van der Waals surface area contributed by atoms with Gasteiger partial charge in [0.05, 0.1) is 6.26 Å². The number of esters is 1. The summed E-state index contributed by atoms with van der Waals surface area (Å²) in [5.41, 5.74) is 0. The Kier molecular flexibility index (Phi) is 34.5. The van der Waals surface area contributed by atoms with Gasteiger partial charge in [0.25, 0.3) is 0 Å². The van der Waals surface area contributed by atoms with Crippen molar-refractivity contribution in [1.82, 2.24) is 0 Å². The third-order valence-electron chi connectivity index (χ3n) is 6.69. The Morgan fingerprint density at radius 3 is 1.08 bits per heavy atom. The lowest BCUT2D eigenvalue weighted by Gasteiger charge is -2.03. The average Bonchev–Trinajstić information content (AvgIpc) is 2.86. The molecule has 0 atom stereocenters. The Morgan fingerprint density at radius 1 is 0.528 bits per heavy atom. The Bertz CT molecular complexity index is 461. The molecule has 0 aromatic carbocycles. The third kappa shape index (κ3) is 37.2. The highest BCUT2D eigenvalue weighted by atomic mass is 16.5. The van der Waals surface area contributed by atoms with Gasteiger partial charge in [-0.25, -0.2) is 0 Å². The van der Waals surface area contributed by atoms with E-state index in [0.29, 0.717) is 12.8 Å². The fraction of sp³-hybridized carbons (Fsp3) is 0.875. The van der Waals surface area contributed by atoms with Crippen molar-refractivity contribution in [3.05, 3.63) is 12.8 Å². The number of carboxylic acids is 1. The largest absolute Gasteiger partial charge is 0.481 e. The van der Waals surface area contributed by atoms with Crippen molar-refractivity contribution < 1.29 is 19.4 Å². The minimum absolute atomic E-state index is 0.148. The summed E-state index contributed by atoms with van der Waals surface area (Å²) >= 11 is 0. The van der Waals surface area contributed by atoms with Crippen molar-refractivity contribution in [3.8, 4) is 0 Å². The van der Waals surface area contributed by atoms with Gasteiger partial charge in [-0.15, -0.1) is 0 Å². The third-order valence-corrected chi connectivity index (χ3v) is 6.69. The molecule has 4 nitrogen and oxygen atoms in total. The van der Waals surface area contributed by atoms with Crippen molar-refractivity contribution in [1.29, 1.82) is 0 Å². The van der Waals surface area contributed by atoms with Crippen molar-refractivity contribution >= 4 is 11.9 Å².